The smallest absolute Gasteiger partial charge is 0.127 e. The zero-order valence-corrected chi connectivity index (χ0v) is 11.5. The molecular weight excluding hydrogens is 236 g/mol. The van der Waals surface area contributed by atoms with Crippen molar-refractivity contribution in [2.24, 2.45) is 0 Å². The molecule has 1 aromatic carbocycles. The summed E-state index contributed by atoms with van der Waals surface area (Å²) in [6.07, 6.45) is 2.91. The maximum absolute atomic E-state index is 5.66. The van der Waals surface area contributed by atoms with Crippen molar-refractivity contribution >= 4 is 5.69 Å². The fourth-order valence-corrected chi connectivity index (χ4v) is 2.88. The van der Waals surface area contributed by atoms with E-state index in [-0.39, 0.29) is 0 Å². The minimum absolute atomic E-state index is 0.532. The number of nitrogens with zero attached hydrogens (tertiary/aromatic N) is 1. The molecule has 1 unspecified atom stereocenters. The Labute approximate surface area is 114 Å². The van der Waals surface area contributed by atoms with Crippen LogP contribution in [0.25, 0.3) is 0 Å². The highest BCUT2D eigenvalue weighted by atomic mass is 16.3. The minimum Gasteiger partial charge on any atom is -0.467 e. The molecule has 1 aliphatic heterocycles. The Balaban J connectivity index is 1.85. The van der Waals surface area contributed by atoms with Gasteiger partial charge in [0.2, 0.25) is 0 Å². The van der Waals surface area contributed by atoms with Gasteiger partial charge in [0.1, 0.15) is 5.76 Å². The van der Waals surface area contributed by atoms with Crippen molar-refractivity contribution in [1.82, 2.24) is 5.32 Å². The van der Waals surface area contributed by atoms with Crippen LogP contribution in [0.4, 0.5) is 5.69 Å². The number of rotatable bonds is 4. The first-order valence-corrected chi connectivity index (χ1v) is 6.84. The molecule has 3 heteroatoms. The topological polar surface area (TPSA) is 28.4 Å². The molecule has 0 bridgehead atoms. The second-order valence-electron chi connectivity index (χ2n) is 5.21. The second kappa shape index (κ2) is 5.10. The van der Waals surface area contributed by atoms with Gasteiger partial charge in [0, 0.05) is 23.8 Å². The molecule has 3 rings (SSSR count). The van der Waals surface area contributed by atoms with Crippen molar-refractivity contribution in [2.75, 3.05) is 11.9 Å². The lowest BCUT2D eigenvalue weighted by molar-refractivity contribution is 0.487. The summed E-state index contributed by atoms with van der Waals surface area (Å²) < 4.78 is 5.66. The lowest BCUT2D eigenvalue weighted by Gasteiger charge is -2.24. The number of hydrogen-bond donors (Lipinski definition) is 1. The van der Waals surface area contributed by atoms with E-state index in [2.05, 4.69) is 47.5 Å². The van der Waals surface area contributed by atoms with E-state index in [1.165, 1.54) is 16.8 Å². The summed E-state index contributed by atoms with van der Waals surface area (Å²) in [4.78, 5) is 2.44. The van der Waals surface area contributed by atoms with Gasteiger partial charge < -0.3 is 14.6 Å². The van der Waals surface area contributed by atoms with Crippen LogP contribution in [0.2, 0.25) is 0 Å². The van der Waals surface area contributed by atoms with Crippen molar-refractivity contribution in [3.8, 4) is 0 Å². The quantitative estimate of drug-likeness (QED) is 0.911. The van der Waals surface area contributed by atoms with Gasteiger partial charge in [0.15, 0.2) is 0 Å². The van der Waals surface area contributed by atoms with E-state index in [4.69, 9.17) is 4.42 Å². The molecule has 1 atom stereocenters. The summed E-state index contributed by atoms with van der Waals surface area (Å²) in [5, 5.41) is 3.19. The fraction of sp³-hybridized carbons (Fsp3) is 0.375. The van der Waals surface area contributed by atoms with E-state index >= 15 is 0 Å². The van der Waals surface area contributed by atoms with Gasteiger partial charge in [-0.15, -0.1) is 0 Å². The number of anilines is 1. The summed E-state index contributed by atoms with van der Waals surface area (Å²) in [5.74, 6) is 1.07. The summed E-state index contributed by atoms with van der Waals surface area (Å²) in [7, 11) is 1.96. The molecule has 0 spiro atoms. The average molecular weight is 256 g/mol. The maximum Gasteiger partial charge on any atom is 0.127 e. The van der Waals surface area contributed by atoms with Crippen molar-refractivity contribution in [3.05, 3.63) is 53.5 Å². The van der Waals surface area contributed by atoms with Crippen LogP contribution in [0, 0.1) is 0 Å². The Morgan fingerprint density at radius 3 is 3.00 bits per heavy atom. The number of hydrogen-bond acceptors (Lipinski definition) is 3. The maximum atomic E-state index is 5.66. The molecule has 1 aromatic heterocycles. The Hall–Kier alpha value is -1.74. The van der Waals surface area contributed by atoms with E-state index in [1.807, 2.05) is 7.05 Å². The highest BCUT2D eigenvalue weighted by Crippen LogP contribution is 2.33. The number of furan rings is 1. The first kappa shape index (κ1) is 12.3. The van der Waals surface area contributed by atoms with Gasteiger partial charge in [0.25, 0.3) is 0 Å². The van der Waals surface area contributed by atoms with Gasteiger partial charge in [-0.05, 0) is 38.1 Å². The molecule has 0 radical (unpaired) electrons. The zero-order chi connectivity index (χ0) is 13.2. The number of nitrogens with one attached hydrogen (secondary N) is 1. The lowest BCUT2D eigenvalue weighted by atomic mass is 10.1. The lowest BCUT2D eigenvalue weighted by Crippen LogP contribution is -2.29. The molecule has 0 saturated heterocycles. The molecule has 2 heterocycles. The Morgan fingerprint density at radius 1 is 1.32 bits per heavy atom. The fourth-order valence-electron chi connectivity index (χ4n) is 2.88. The van der Waals surface area contributed by atoms with Gasteiger partial charge >= 0.3 is 0 Å². The normalized spacial score (nSPS) is 17.8. The van der Waals surface area contributed by atoms with Crippen LogP contribution in [-0.4, -0.2) is 13.1 Å². The van der Waals surface area contributed by atoms with E-state index in [0.717, 1.165) is 25.3 Å². The van der Waals surface area contributed by atoms with Crippen LogP contribution >= 0.6 is 0 Å². The Morgan fingerprint density at radius 2 is 2.16 bits per heavy atom. The molecule has 0 amide bonds. The second-order valence-corrected chi connectivity index (χ2v) is 5.21. The predicted octanol–water partition coefficient (Wildman–Crippen LogP) is 2.95. The number of fused-ring (bicyclic) bond motifs is 1. The minimum atomic E-state index is 0.532. The molecule has 0 saturated carbocycles. The highest BCUT2D eigenvalue weighted by Gasteiger charge is 2.26. The first-order chi connectivity index (χ1) is 9.29. The first-order valence-electron chi connectivity index (χ1n) is 6.84. The van der Waals surface area contributed by atoms with Crippen LogP contribution in [0.1, 0.15) is 23.8 Å². The van der Waals surface area contributed by atoms with E-state index in [1.54, 1.807) is 6.26 Å². The molecule has 1 aliphatic rings. The molecular formula is C16H20N2O. The standard InChI is InChI=1S/C16H20N2O/c1-12-9-13-5-3-4-6-15(13)18(12)11-16-14(10-17-2)7-8-19-16/h3-8,12,17H,9-11H2,1-2H3. The summed E-state index contributed by atoms with van der Waals surface area (Å²) in [6.45, 7) is 3.98. The Kier molecular flexibility index (Phi) is 3.30. The summed E-state index contributed by atoms with van der Waals surface area (Å²) in [5.41, 5.74) is 4.04. The van der Waals surface area contributed by atoms with Gasteiger partial charge in [0.05, 0.1) is 12.8 Å². The molecule has 19 heavy (non-hydrogen) atoms. The van der Waals surface area contributed by atoms with Crippen LogP contribution in [0.5, 0.6) is 0 Å². The van der Waals surface area contributed by atoms with Gasteiger partial charge in [-0.3, -0.25) is 0 Å². The summed E-state index contributed by atoms with van der Waals surface area (Å²) in [6, 6.07) is 11.2. The van der Waals surface area contributed by atoms with Gasteiger partial charge in [-0.25, -0.2) is 0 Å². The van der Waals surface area contributed by atoms with Crippen molar-refractivity contribution < 1.29 is 4.42 Å². The van der Waals surface area contributed by atoms with Crippen molar-refractivity contribution in [3.63, 3.8) is 0 Å². The van der Waals surface area contributed by atoms with E-state index in [9.17, 15) is 0 Å². The van der Waals surface area contributed by atoms with Crippen molar-refractivity contribution in [2.45, 2.75) is 32.5 Å². The highest BCUT2D eigenvalue weighted by molar-refractivity contribution is 5.59. The van der Waals surface area contributed by atoms with Gasteiger partial charge in [-0.1, -0.05) is 18.2 Å². The molecule has 1 N–H and O–H groups in total. The van der Waals surface area contributed by atoms with Crippen LogP contribution in [0.3, 0.4) is 0 Å². The monoisotopic (exact) mass is 256 g/mol. The largest absolute Gasteiger partial charge is 0.467 e. The molecule has 0 aliphatic carbocycles. The van der Waals surface area contributed by atoms with E-state index < -0.39 is 0 Å². The third kappa shape index (κ3) is 2.26. The molecule has 100 valence electrons. The van der Waals surface area contributed by atoms with Gasteiger partial charge in [-0.2, -0.15) is 0 Å². The van der Waals surface area contributed by atoms with Crippen LogP contribution in [-0.2, 0) is 19.5 Å². The number of benzene rings is 1. The zero-order valence-electron chi connectivity index (χ0n) is 11.5. The Bertz CT molecular complexity index is 561. The SMILES string of the molecule is CNCc1ccoc1CN1c2ccccc2CC1C. The average Bonchev–Trinajstić information content (AvgIpc) is 2.97. The number of para-hydroxylation sites is 1. The molecule has 0 fully saturated rings. The molecule has 2 aromatic rings. The van der Waals surface area contributed by atoms with Crippen molar-refractivity contribution in [1.29, 1.82) is 0 Å². The van der Waals surface area contributed by atoms with Crippen LogP contribution in [0.15, 0.2) is 41.0 Å². The van der Waals surface area contributed by atoms with Crippen LogP contribution < -0.4 is 10.2 Å². The van der Waals surface area contributed by atoms with E-state index in [0.29, 0.717) is 6.04 Å². The molecule has 3 nitrogen and oxygen atoms in total. The third-order valence-electron chi connectivity index (χ3n) is 3.87. The summed E-state index contributed by atoms with van der Waals surface area (Å²) >= 11 is 0. The third-order valence-corrected chi connectivity index (χ3v) is 3.87. The predicted molar refractivity (Wildman–Crippen MR) is 77.3 cm³/mol.